The van der Waals surface area contributed by atoms with Crippen LogP contribution in [0.3, 0.4) is 0 Å². The number of ether oxygens (including phenoxy) is 1. The van der Waals surface area contributed by atoms with Gasteiger partial charge in [0, 0.05) is 18.0 Å². The van der Waals surface area contributed by atoms with Gasteiger partial charge < -0.3 is 15.2 Å². The summed E-state index contributed by atoms with van der Waals surface area (Å²) >= 11 is 0. The van der Waals surface area contributed by atoms with Gasteiger partial charge in [0.15, 0.2) is 11.5 Å². The van der Waals surface area contributed by atoms with Crippen molar-refractivity contribution in [3.8, 4) is 11.5 Å². The summed E-state index contributed by atoms with van der Waals surface area (Å²) in [7, 11) is 1.60. The fraction of sp³-hybridized carbons (Fsp3) is 0.571. The van der Waals surface area contributed by atoms with Gasteiger partial charge >= 0.3 is 0 Å². The summed E-state index contributed by atoms with van der Waals surface area (Å²) in [5.74, 6) is 1.32. The van der Waals surface area contributed by atoms with E-state index in [1.807, 2.05) is 6.07 Å². The van der Waals surface area contributed by atoms with Crippen LogP contribution in [0.1, 0.15) is 35.4 Å². The number of piperidine rings is 1. The van der Waals surface area contributed by atoms with Gasteiger partial charge in [0.05, 0.1) is 7.11 Å². The monoisotopic (exact) mass is 235 g/mol. The summed E-state index contributed by atoms with van der Waals surface area (Å²) in [6.07, 6.45) is 2.30. The lowest BCUT2D eigenvalue weighted by Crippen LogP contribution is -2.29. The molecule has 1 aliphatic rings. The molecule has 1 aromatic carbocycles. The van der Waals surface area contributed by atoms with Crippen LogP contribution in [0, 0.1) is 13.8 Å². The van der Waals surface area contributed by atoms with Crippen molar-refractivity contribution in [1.29, 1.82) is 0 Å². The highest BCUT2D eigenvalue weighted by atomic mass is 16.5. The quantitative estimate of drug-likeness (QED) is 0.827. The molecule has 0 aromatic heterocycles. The Morgan fingerprint density at radius 3 is 2.76 bits per heavy atom. The number of phenols is 1. The van der Waals surface area contributed by atoms with Crippen LogP contribution in [0.15, 0.2) is 6.07 Å². The molecule has 1 unspecified atom stereocenters. The van der Waals surface area contributed by atoms with E-state index in [9.17, 15) is 5.11 Å². The van der Waals surface area contributed by atoms with Gasteiger partial charge in [-0.2, -0.15) is 0 Å². The highest BCUT2D eigenvalue weighted by Crippen LogP contribution is 2.40. The van der Waals surface area contributed by atoms with Crippen molar-refractivity contribution in [3.05, 3.63) is 22.8 Å². The summed E-state index contributed by atoms with van der Waals surface area (Å²) in [6.45, 7) is 6.18. The first-order chi connectivity index (χ1) is 8.15. The van der Waals surface area contributed by atoms with Gasteiger partial charge in [-0.25, -0.2) is 0 Å². The summed E-state index contributed by atoms with van der Waals surface area (Å²) < 4.78 is 5.24. The van der Waals surface area contributed by atoms with Crippen molar-refractivity contribution < 1.29 is 9.84 Å². The van der Waals surface area contributed by atoms with Crippen molar-refractivity contribution in [2.24, 2.45) is 0 Å². The fourth-order valence-corrected chi connectivity index (χ4v) is 2.65. The van der Waals surface area contributed by atoms with E-state index in [0.29, 0.717) is 17.4 Å². The number of methoxy groups -OCH3 is 1. The van der Waals surface area contributed by atoms with Crippen LogP contribution >= 0.6 is 0 Å². The Morgan fingerprint density at radius 2 is 2.18 bits per heavy atom. The molecule has 1 atom stereocenters. The molecule has 0 saturated carbocycles. The number of aromatic hydroxyl groups is 1. The van der Waals surface area contributed by atoms with Gasteiger partial charge in [-0.3, -0.25) is 0 Å². The van der Waals surface area contributed by atoms with Gasteiger partial charge in [0.2, 0.25) is 0 Å². The Hall–Kier alpha value is -1.22. The van der Waals surface area contributed by atoms with Gasteiger partial charge in [-0.1, -0.05) is 0 Å². The normalized spacial score (nSPS) is 20.3. The average Bonchev–Trinajstić information content (AvgIpc) is 2.35. The first kappa shape index (κ1) is 12.2. The van der Waals surface area contributed by atoms with Gasteiger partial charge in [-0.15, -0.1) is 0 Å². The third-order valence-electron chi connectivity index (χ3n) is 3.76. The molecule has 1 heterocycles. The predicted molar refractivity (Wildman–Crippen MR) is 69.0 cm³/mol. The molecule has 0 amide bonds. The summed E-state index contributed by atoms with van der Waals surface area (Å²) in [5, 5.41) is 13.7. The lowest BCUT2D eigenvalue weighted by atomic mass is 9.86. The molecule has 0 spiro atoms. The van der Waals surface area contributed by atoms with E-state index in [0.717, 1.165) is 25.1 Å². The number of phenolic OH excluding ortho intramolecular Hbond substituents is 1. The number of hydrogen-bond acceptors (Lipinski definition) is 3. The lowest BCUT2D eigenvalue weighted by molar-refractivity contribution is 0.362. The average molecular weight is 235 g/mol. The second-order valence-electron chi connectivity index (χ2n) is 4.83. The van der Waals surface area contributed by atoms with E-state index >= 15 is 0 Å². The van der Waals surface area contributed by atoms with Crippen LogP contribution < -0.4 is 10.1 Å². The van der Waals surface area contributed by atoms with Crippen LogP contribution in [0.25, 0.3) is 0 Å². The van der Waals surface area contributed by atoms with Crippen molar-refractivity contribution in [2.75, 3.05) is 20.2 Å². The Bertz CT molecular complexity index is 409. The molecule has 0 bridgehead atoms. The number of hydrogen-bond donors (Lipinski definition) is 2. The smallest absolute Gasteiger partial charge is 0.161 e. The number of rotatable bonds is 2. The number of benzene rings is 1. The SMILES string of the molecule is COc1cc(C)c(C)c(C2CCCNC2)c1O. The molecule has 2 rings (SSSR count). The third-order valence-corrected chi connectivity index (χ3v) is 3.76. The maximum absolute atomic E-state index is 10.3. The molecule has 3 nitrogen and oxygen atoms in total. The van der Waals surface area contributed by atoms with Crippen LogP contribution in [0.2, 0.25) is 0 Å². The van der Waals surface area contributed by atoms with Crippen LogP contribution in [0.4, 0.5) is 0 Å². The number of aryl methyl sites for hydroxylation is 1. The topological polar surface area (TPSA) is 41.5 Å². The molecular formula is C14H21NO2. The zero-order valence-electron chi connectivity index (χ0n) is 10.8. The maximum atomic E-state index is 10.3. The highest BCUT2D eigenvalue weighted by molar-refractivity contribution is 5.54. The van der Waals surface area contributed by atoms with E-state index in [-0.39, 0.29) is 0 Å². The molecular weight excluding hydrogens is 214 g/mol. The zero-order valence-corrected chi connectivity index (χ0v) is 10.8. The molecule has 1 aliphatic heterocycles. The molecule has 2 N–H and O–H groups in total. The number of nitrogens with one attached hydrogen (secondary N) is 1. The van der Waals surface area contributed by atoms with Crippen molar-refractivity contribution in [1.82, 2.24) is 5.32 Å². The lowest BCUT2D eigenvalue weighted by Gasteiger charge is -2.26. The van der Waals surface area contributed by atoms with Crippen molar-refractivity contribution >= 4 is 0 Å². The van der Waals surface area contributed by atoms with E-state index in [2.05, 4.69) is 19.2 Å². The second-order valence-corrected chi connectivity index (χ2v) is 4.83. The highest BCUT2D eigenvalue weighted by Gasteiger charge is 2.23. The van der Waals surface area contributed by atoms with E-state index < -0.39 is 0 Å². The summed E-state index contributed by atoms with van der Waals surface area (Å²) in [6, 6.07) is 1.91. The Labute approximate surface area is 103 Å². The minimum Gasteiger partial charge on any atom is -0.504 e. The summed E-state index contributed by atoms with van der Waals surface area (Å²) in [4.78, 5) is 0. The first-order valence-electron chi connectivity index (χ1n) is 6.23. The summed E-state index contributed by atoms with van der Waals surface area (Å²) in [5.41, 5.74) is 3.44. The Kier molecular flexibility index (Phi) is 3.57. The predicted octanol–water partition coefficient (Wildman–Crippen LogP) is 2.48. The van der Waals surface area contributed by atoms with Crippen LogP contribution in [0.5, 0.6) is 11.5 Å². The minimum atomic E-state index is 0.323. The van der Waals surface area contributed by atoms with Crippen LogP contribution in [-0.4, -0.2) is 25.3 Å². The molecule has 1 aromatic rings. The molecule has 0 aliphatic carbocycles. The molecule has 3 heteroatoms. The van der Waals surface area contributed by atoms with Gasteiger partial charge in [-0.05, 0) is 50.4 Å². The second kappa shape index (κ2) is 4.96. The zero-order chi connectivity index (χ0) is 12.4. The Balaban J connectivity index is 2.46. The Morgan fingerprint density at radius 1 is 1.41 bits per heavy atom. The maximum Gasteiger partial charge on any atom is 0.161 e. The van der Waals surface area contributed by atoms with Crippen molar-refractivity contribution in [2.45, 2.75) is 32.6 Å². The largest absolute Gasteiger partial charge is 0.504 e. The molecule has 1 saturated heterocycles. The van der Waals surface area contributed by atoms with Crippen molar-refractivity contribution in [3.63, 3.8) is 0 Å². The van der Waals surface area contributed by atoms with E-state index in [4.69, 9.17) is 4.74 Å². The van der Waals surface area contributed by atoms with E-state index in [1.54, 1.807) is 7.11 Å². The first-order valence-corrected chi connectivity index (χ1v) is 6.23. The molecule has 94 valence electrons. The minimum absolute atomic E-state index is 0.323. The van der Waals surface area contributed by atoms with Crippen LogP contribution in [-0.2, 0) is 0 Å². The fourth-order valence-electron chi connectivity index (χ4n) is 2.65. The molecule has 17 heavy (non-hydrogen) atoms. The molecule has 1 fully saturated rings. The third kappa shape index (κ3) is 2.25. The van der Waals surface area contributed by atoms with Gasteiger partial charge in [0.25, 0.3) is 0 Å². The van der Waals surface area contributed by atoms with Gasteiger partial charge in [0.1, 0.15) is 0 Å². The van der Waals surface area contributed by atoms with E-state index in [1.165, 1.54) is 17.5 Å². The molecule has 0 radical (unpaired) electrons. The standard InChI is InChI=1S/C14H21NO2/c1-9-7-12(17-3)14(16)13(10(9)2)11-5-4-6-15-8-11/h7,11,15-16H,4-6,8H2,1-3H3.